The number of hydrogen-bond donors (Lipinski definition) is 0. The molecule has 2 amide bonds. The monoisotopic (exact) mass is 471 g/mol. The minimum absolute atomic E-state index is 0.0413. The van der Waals surface area contributed by atoms with E-state index in [1.54, 1.807) is 24.1 Å². The maximum Gasteiger partial charge on any atom is 0.267 e. The van der Waals surface area contributed by atoms with Crippen LogP contribution in [-0.2, 0) is 19.6 Å². The molecule has 2 aromatic carbocycles. The molecule has 2 heterocycles. The van der Waals surface area contributed by atoms with Crippen molar-refractivity contribution in [1.82, 2.24) is 9.21 Å². The summed E-state index contributed by atoms with van der Waals surface area (Å²) in [5.41, 5.74) is 2.74. The first-order valence-corrected chi connectivity index (χ1v) is 12.5. The third-order valence-electron chi connectivity index (χ3n) is 6.50. The summed E-state index contributed by atoms with van der Waals surface area (Å²) in [6.07, 6.45) is 0.246. The molecule has 1 unspecified atom stereocenters. The molecular weight excluding hydrogens is 442 g/mol. The zero-order chi connectivity index (χ0) is 23.8. The molecular formula is C24H29N3O5S. The smallest absolute Gasteiger partial charge is 0.267 e. The van der Waals surface area contributed by atoms with Crippen molar-refractivity contribution < 1.29 is 22.7 Å². The van der Waals surface area contributed by atoms with E-state index in [1.807, 2.05) is 38.1 Å². The Hall–Kier alpha value is -3.07. The van der Waals surface area contributed by atoms with Crippen molar-refractivity contribution in [2.45, 2.75) is 37.6 Å². The lowest BCUT2D eigenvalue weighted by Gasteiger charge is -2.38. The number of carbonyl (C=O) groups is 2. The summed E-state index contributed by atoms with van der Waals surface area (Å²) in [5.74, 6) is -0.0727. The number of para-hydroxylation sites is 2. The number of hydrogen-bond acceptors (Lipinski definition) is 6. The second kappa shape index (κ2) is 9.05. The van der Waals surface area contributed by atoms with Gasteiger partial charge in [0.1, 0.15) is 11.8 Å². The Kier molecular flexibility index (Phi) is 6.34. The molecule has 0 radical (unpaired) electrons. The van der Waals surface area contributed by atoms with Crippen LogP contribution in [0.25, 0.3) is 0 Å². The Bertz CT molecular complexity index is 1170. The van der Waals surface area contributed by atoms with Crippen molar-refractivity contribution in [1.29, 1.82) is 0 Å². The maximum atomic E-state index is 13.3. The average molecular weight is 472 g/mol. The van der Waals surface area contributed by atoms with Crippen molar-refractivity contribution in [2.75, 3.05) is 38.2 Å². The van der Waals surface area contributed by atoms with Gasteiger partial charge in [-0.2, -0.15) is 0 Å². The summed E-state index contributed by atoms with van der Waals surface area (Å²) in [6, 6.07) is 11.5. The molecule has 2 aliphatic rings. The van der Waals surface area contributed by atoms with E-state index in [0.717, 1.165) is 26.9 Å². The van der Waals surface area contributed by atoms with Crippen LogP contribution in [0.15, 0.2) is 47.4 Å². The van der Waals surface area contributed by atoms with Crippen LogP contribution in [0.5, 0.6) is 5.75 Å². The van der Waals surface area contributed by atoms with Crippen LogP contribution in [-0.4, -0.2) is 68.8 Å². The summed E-state index contributed by atoms with van der Waals surface area (Å²) in [4.78, 5) is 29.8. The van der Waals surface area contributed by atoms with Crippen LogP contribution >= 0.6 is 0 Å². The molecule has 33 heavy (non-hydrogen) atoms. The van der Waals surface area contributed by atoms with E-state index < -0.39 is 22.0 Å². The van der Waals surface area contributed by atoms with Crippen molar-refractivity contribution in [2.24, 2.45) is 0 Å². The van der Waals surface area contributed by atoms with E-state index >= 15 is 0 Å². The molecule has 1 atom stereocenters. The van der Waals surface area contributed by atoms with E-state index in [2.05, 4.69) is 4.90 Å². The van der Waals surface area contributed by atoms with Gasteiger partial charge in [-0.15, -0.1) is 0 Å². The van der Waals surface area contributed by atoms with Crippen LogP contribution in [0, 0.1) is 13.8 Å². The normalized spacial score (nSPS) is 19.2. The van der Waals surface area contributed by atoms with E-state index in [-0.39, 0.29) is 23.6 Å². The van der Waals surface area contributed by atoms with Gasteiger partial charge in [0.05, 0.1) is 17.7 Å². The lowest BCUT2D eigenvalue weighted by atomic mass is 10.1. The van der Waals surface area contributed by atoms with Crippen molar-refractivity contribution in [3.63, 3.8) is 0 Å². The van der Waals surface area contributed by atoms with Crippen molar-refractivity contribution in [3.8, 4) is 5.75 Å². The second-order valence-corrected chi connectivity index (χ2v) is 10.3. The van der Waals surface area contributed by atoms with Crippen LogP contribution in [0.4, 0.5) is 5.69 Å². The van der Waals surface area contributed by atoms with Gasteiger partial charge in [0.2, 0.25) is 11.8 Å². The molecule has 0 aliphatic carbocycles. The Morgan fingerprint density at radius 3 is 2.36 bits per heavy atom. The predicted octanol–water partition coefficient (Wildman–Crippen LogP) is 2.34. The molecule has 0 N–H and O–H groups in total. The number of amides is 2. The van der Waals surface area contributed by atoms with Crippen LogP contribution in [0.2, 0.25) is 0 Å². The molecule has 176 valence electrons. The number of ether oxygens (including phenoxy) is 1. The first-order chi connectivity index (χ1) is 15.7. The highest BCUT2D eigenvalue weighted by molar-refractivity contribution is 7.89. The van der Waals surface area contributed by atoms with Gasteiger partial charge < -0.3 is 14.5 Å². The summed E-state index contributed by atoms with van der Waals surface area (Å²) < 4.78 is 32.9. The van der Waals surface area contributed by atoms with Gasteiger partial charge in [-0.3, -0.25) is 9.59 Å². The molecule has 2 aliphatic heterocycles. The molecule has 2 aromatic rings. The van der Waals surface area contributed by atoms with Crippen LogP contribution in [0.3, 0.4) is 0 Å². The lowest BCUT2D eigenvalue weighted by Crippen LogP contribution is -2.55. The zero-order valence-corrected chi connectivity index (χ0v) is 20.0. The van der Waals surface area contributed by atoms with Gasteiger partial charge in [-0.1, -0.05) is 18.2 Å². The van der Waals surface area contributed by atoms with Gasteiger partial charge in [0.25, 0.3) is 10.0 Å². The molecule has 0 spiro atoms. The summed E-state index contributed by atoms with van der Waals surface area (Å²) >= 11 is 0. The van der Waals surface area contributed by atoms with Gasteiger partial charge in [0.15, 0.2) is 0 Å². The Balaban J connectivity index is 1.51. The number of aryl methyl sites for hydroxylation is 2. The largest absolute Gasteiger partial charge is 0.495 e. The zero-order valence-electron chi connectivity index (χ0n) is 19.2. The van der Waals surface area contributed by atoms with Gasteiger partial charge in [-0.25, -0.2) is 12.7 Å². The van der Waals surface area contributed by atoms with Crippen LogP contribution in [0.1, 0.15) is 24.0 Å². The van der Waals surface area contributed by atoms with Crippen molar-refractivity contribution >= 4 is 27.5 Å². The Morgan fingerprint density at radius 1 is 1.00 bits per heavy atom. The highest BCUT2D eigenvalue weighted by Gasteiger charge is 2.46. The maximum absolute atomic E-state index is 13.3. The highest BCUT2D eigenvalue weighted by Crippen LogP contribution is 2.31. The fourth-order valence-electron chi connectivity index (χ4n) is 4.44. The second-order valence-electron chi connectivity index (χ2n) is 8.48. The van der Waals surface area contributed by atoms with E-state index in [0.29, 0.717) is 26.2 Å². The number of benzene rings is 2. The van der Waals surface area contributed by atoms with Crippen LogP contribution < -0.4 is 9.64 Å². The third-order valence-corrected chi connectivity index (χ3v) is 8.32. The molecule has 2 fully saturated rings. The number of carbonyl (C=O) groups excluding carboxylic acids is 2. The molecule has 0 aromatic heterocycles. The van der Waals surface area contributed by atoms with Crippen molar-refractivity contribution in [3.05, 3.63) is 53.6 Å². The Labute approximate surface area is 194 Å². The molecule has 8 nitrogen and oxygen atoms in total. The average Bonchev–Trinajstić information content (AvgIpc) is 3.22. The SMILES string of the molecule is COc1ccccc1N1CCN(C(=O)C2CCC(=O)N2S(=O)(=O)c2ccc(C)c(C)c2)CC1. The van der Waals surface area contributed by atoms with Gasteiger partial charge >= 0.3 is 0 Å². The molecule has 2 saturated heterocycles. The van der Waals surface area contributed by atoms with E-state index in [1.165, 1.54) is 6.07 Å². The molecule has 4 rings (SSSR count). The molecule has 0 saturated carbocycles. The summed E-state index contributed by atoms with van der Waals surface area (Å²) in [5, 5.41) is 0. The fourth-order valence-corrected chi connectivity index (χ4v) is 6.13. The minimum atomic E-state index is -4.11. The number of nitrogens with zero attached hydrogens (tertiary/aromatic N) is 3. The quantitative estimate of drug-likeness (QED) is 0.665. The number of piperazine rings is 1. The molecule has 0 bridgehead atoms. The Morgan fingerprint density at radius 2 is 1.70 bits per heavy atom. The van der Waals surface area contributed by atoms with Gasteiger partial charge in [0, 0.05) is 32.6 Å². The summed E-state index contributed by atoms with van der Waals surface area (Å²) in [6.45, 7) is 5.79. The predicted molar refractivity (Wildman–Crippen MR) is 125 cm³/mol. The first kappa shape index (κ1) is 23.1. The highest BCUT2D eigenvalue weighted by atomic mass is 32.2. The number of rotatable bonds is 5. The lowest BCUT2D eigenvalue weighted by molar-refractivity contribution is -0.138. The summed E-state index contributed by atoms with van der Waals surface area (Å²) in [7, 11) is -2.49. The topological polar surface area (TPSA) is 87.2 Å². The number of sulfonamides is 1. The minimum Gasteiger partial charge on any atom is -0.495 e. The molecule has 9 heteroatoms. The first-order valence-electron chi connectivity index (χ1n) is 11.1. The van der Waals surface area contributed by atoms with E-state index in [9.17, 15) is 18.0 Å². The third kappa shape index (κ3) is 4.29. The number of methoxy groups -OCH3 is 1. The van der Waals surface area contributed by atoms with E-state index in [4.69, 9.17) is 4.74 Å². The standard InChI is InChI=1S/C24H29N3O5S/c1-17-8-9-19(16-18(17)2)33(30,31)27-21(10-11-23(27)28)24(29)26-14-12-25(13-15-26)20-6-4-5-7-22(20)32-3/h4-9,16,21H,10-15H2,1-3H3. The fraction of sp³-hybridized carbons (Fsp3) is 0.417. The van der Waals surface area contributed by atoms with Gasteiger partial charge in [-0.05, 0) is 55.7 Å². The number of anilines is 1.